The molecule has 7 nitrogen and oxygen atoms in total. The quantitative estimate of drug-likeness (QED) is 0.470. The van der Waals surface area contributed by atoms with E-state index < -0.39 is 0 Å². The number of aromatic nitrogens is 1. The molecule has 1 unspecified atom stereocenters. The molecule has 2 aromatic carbocycles. The fraction of sp³-hybridized carbons (Fsp3) is 0.280. The molecule has 1 atom stereocenters. The Bertz CT molecular complexity index is 1160. The molecular formula is C25H25N3O4S. The smallest absolute Gasteiger partial charge is 0.226 e. The van der Waals surface area contributed by atoms with Crippen molar-refractivity contribution >= 4 is 34.1 Å². The summed E-state index contributed by atoms with van der Waals surface area (Å²) in [4.78, 5) is 40.5. The van der Waals surface area contributed by atoms with Gasteiger partial charge in [0.25, 0.3) is 0 Å². The molecule has 0 bridgehead atoms. The van der Waals surface area contributed by atoms with Gasteiger partial charge in [-0.05, 0) is 24.6 Å². The average molecular weight is 464 g/mol. The van der Waals surface area contributed by atoms with Crippen molar-refractivity contribution in [2.24, 2.45) is 0 Å². The summed E-state index contributed by atoms with van der Waals surface area (Å²) in [5, 5.41) is 8.18. The predicted molar refractivity (Wildman–Crippen MR) is 127 cm³/mol. The van der Waals surface area contributed by atoms with Crippen molar-refractivity contribution < 1.29 is 19.1 Å². The van der Waals surface area contributed by atoms with Gasteiger partial charge in [0, 0.05) is 48.3 Å². The van der Waals surface area contributed by atoms with E-state index in [1.807, 2.05) is 41.8 Å². The minimum Gasteiger partial charge on any atom is -0.493 e. The van der Waals surface area contributed by atoms with Gasteiger partial charge in [-0.3, -0.25) is 14.4 Å². The molecule has 170 valence electrons. The first-order valence-electron chi connectivity index (χ1n) is 10.9. The van der Waals surface area contributed by atoms with E-state index in [4.69, 9.17) is 4.74 Å². The second-order valence-electron chi connectivity index (χ2n) is 7.87. The Morgan fingerprint density at radius 3 is 2.73 bits per heavy atom. The number of Topliss-reactive ketones (excluding diaryl/α,β-unsaturated/α-hetero) is 1. The Labute approximate surface area is 196 Å². The number of hydrogen-bond acceptors (Lipinski definition) is 6. The third-order valence-electron chi connectivity index (χ3n) is 5.38. The van der Waals surface area contributed by atoms with Gasteiger partial charge in [-0.1, -0.05) is 30.3 Å². The maximum atomic E-state index is 12.3. The second-order valence-corrected chi connectivity index (χ2v) is 8.73. The van der Waals surface area contributed by atoms with E-state index in [1.54, 1.807) is 12.1 Å². The molecule has 8 heteroatoms. The van der Waals surface area contributed by atoms with Crippen LogP contribution >= 0.6 is 11.3 Å². The van der Waals surface area contributed by atoms with Crippen LogP contribution in [0, 0.1) is 0 Å². The van der Waals surface area contributed by atoms with Crippen LogP contribution < -0.4 is 15.4 Å². The zero-order chi connectivity index (χ0) is 23.2. The molecule has 2 N–H and O–H groups in total. The number of rotatable bonds is 8. The maximum absolute atomic E-state index is 12.3. The van der Waals surface area contributed by atoms with Gasteiger partial charge >= 0.3 is 0 Å². The summed E-state index contributed by atoms with van der Waals surface area (Å²) in [7, 11) is 0. The molecule has 0 saturated carbocycles. The van der Waals surface area contributed by atoms with Gasteiger partial charge in [-0.15, -0.1) is 11.3 Å². The van der Waals surface area contributed by atoms with Crippen LogP contribution in [-0.2, 0) is 9.59 Å². The van der Waals surface area contributed by atoms with Crippen molar-refractivity contribution in [1.82, 2.24) is 10.3 Å². The number of ether oxygens (including phenoxy) is 1. The lowest BCUT2D eigenvalue weighted by atomic mass is 9.97. The van der Waals surface area contributed by atoms with E-state index in [2.05, 4.69) is 15.6 Å². The molecule has 0 spiro atoms. The summed E-state index contributed by atoms with van der Waals surface area (Å²) in [6, 6.07) is 14.8. The third-order valence-corrected chi connectivity index (χ3v) is 6.13. The number of anilines is 1. The van der Waals surface area contributed by atoms with Crippen LogP contribution in [0.25, 0.3) is 11.3 Å². The molecule has 2 amide bonds. The lowest BCUT2D eigenvalue weighted by Crippen LogP contribution is -2.30. The van der Waals surface area contributed by atoms with Crippen molar-refractivity contribution in [2.75, 3.05) is 11.9 Å². The van der Waals surface area contributed by atoms with Crippen LogP contribution in [0.2, 0.25) is 0 Å². The van der Waals surface area contributed by atoms with E-state index in [0.29, 0.717) is 36.6 Å². The van der Waals surface area contributed by atoms with Crippen LogP contribution in [0.3, 0.4) is 0 Å². The van der Waals surface area contributed by atoms with Crippen LogP contribution in [-0.4, -0.2) is 29.2 Å². The lowest BCUT2D eigenvalue weighted by Gasteiger charge is -2.26. The highest BCUT2D eigenvalue weighted by molar-refractivity contribution is 7.14. The van der Waals surface area contributed by atoms with Crippen molar-refractivity contribution in [3.05, 3.63) is 65.0 Å². The predicted octanol–water partition coefficient (Wildman–Crippen LogP) is 4.76. The van der Waals surface area contributed by atoms with E-state index in [1.165, 1.54) is 18.3 Å². The van der Waals surface area contributed by atoms with Gasteiger partial charge in [0.05, 0.1) is 18.3 Å². The van der Waals surface area contributed by atoms with E-state index in [-0.39, 0.29) is 30.1 Å². The van der Waals surface area contributed by atoms with Crippen LogP contribution in [0.4, 0.5) is 5.13 Å². The van der Waals surface area contributed by atoms with Crippen molar-refractivity contribution in [3.63, 3.8) is 0 Å². The second kappa shape index (κ2) is 10.4. The Morgan fingerprint density at radius 2 is 1.94 bits per heavy atom. The summed E-state index contributed by atoms with van der Waals surface area (Å²) in [6.45, 7) is 2.06. The first-order chi connectivity index (χ1) is 16.0. The summed E-state index contributed by atoms with van der Waals surface area (Å²) in [6.07, 6.45) is 1.77. The monoisotopic (exact) mass is 463 g/mol. The van der Waals surface area contributed by atoms with E-state index >= 15 is 0 Å². The SMILES string of the molecule is CC(=O)NC1CCOc2ccc(-c3csc(NC(=O)CCCC(=O)c4ccccc4)n3)cc21. The van der Waals surface area contributed by atoms with Gasteiger partial charge in [0.2, 0.25) is 11.8 Å². The number of carbonyl (C=O) groups is 3. The highest BCUT2D eigenvalue weighted by Crippen LogP contribution is 2.36. The average Bonchev–Trinajstić information content (AvgIpc) is 3.27. The summed E-state index contributed by atoms with van der Waals surface area (Å²) in [5.74, 6) is 0.551. The Morgan fingerprint density at radius 1 is 1.12 bits per heavy atom. The fourth-order valence-corrected chi connectivity index (χ4v) is 4.51. The molecule has 4 rings (SSSR count). The number of nitrogens with one attached hydrogen (secondary N) is 2. The van der Waals surface area contributed by atoms with Crippen LogP contribution in [0.1, 0.15) is 54.6 Å². The van der Waals surface area contributed by atoms with E-state index in [9.17, 15) is 14.4 Å². The number of hydrogen-bond donors (Lipinski definition) is 2. The molecule has 0 radical (unpaired) electrons. The molecular weight excluding hydrogens is 438 g/mol. The fourth-order valence-electron chi connectivity index (χ4n) is 3.77. The maximum Gasteiger partial charge on any atom is 0.226 e. The Balaban J connectivity index is 1.35. The standard InChI is InChI=1S/C25H25N3O4S/c1-16(29)26-20-12-13-32-23-11-10-18(14-19(20)23)21-15-33-25(27-21)28-24(31)9-5-8-22(30)17-6-3-2-4-7-17/h2-4,6-7,10-11,14-15,20H,5,8-9,12-13H2,1H3,(H,26,29)(H,27,28,31). The summed E-state index contributed by atoms with van der Waals surface area (Å²) < 4.78 is 5.72. The van der Waals surface area contributed by atoms with E-state index in [0.717, 1.165) is 22.6 Å². The lowest BCUT2D eigenvalue weighted by molar-refractivity contribution is -0.120. The Hall–Kier alpha value is -3.52. The highest BCUT2D eigenvalue weighted by atomic mass is 32.1. The van der Waals surface area contributed by atoms with Crippen LogP contribution in [0.5, 0.6) is 5.75 Å². The number of thiazole rings is 1. The highest BCUT2D eigenvalue weighted by Gasteiger charge is 2.23. The number of carbonyl (C=O) groups excluding carboxylic acids is 3. The number of benzene rings is 2. The van der Waals surface area contributed by atoms with Crippen molar-refractivity contribution in [2.45, 2.75) is 38.6 Å². The van der Waals surface area contributed by atoms with Gasteiger partial charge in [0.15, 0.2) is 10.9 Å². The normalized spacial score (nSPS) is 14.6. The summed E-state index contributed by atoms with van der Waals surface area (Å²) in [5.41, 5.74) is 3.22. The number of amides is 2. The minimum absolute atomic E-state index is 0.0360. The van der Waals surface area contributed by atoms with Crippen LogP contribution in [0.15, 0.2) is 53.9 Å². The molecule has 1 aromatic heterocycles. The molecule has 1 aliphatic rings. The van der Waals surface area contributed by atoms with Crippen molar-refractivity contribution in [3.8, 4) is 17.0 Å². The van der Waals surface area contributed by atoms with Crippen molar-refractivity contribution in [1.29, 1.82) is 0 Å². The molecule has 0 fully saturated rings. The first-order valence-corrected chi connectivity index (χ1v) is 11.8. The molecule has 2 heterocycles. The molecule has 0 saturated heterocycles. The zero-order valence-electron chi connectivity index (χ0n) is 18.3. The largest absolute Gasteiger partial charge is 0.493 e. The number of ketones is 1. The molecule has 1 aliphatic heterocycles. The van der Waals surface area contributed by atoms with Gasteiger partial charge in [-0.2, -0.15) is 0 Å². The number of nitrogens with zero attached hydrogens (tertiary/aromatic N) is 1. The first kappa shape index (κ1) is 22.7. The Kier molecular flexibility index (Phi) is 7.14. The van der Waals surface area contributed by atoms with Gasteiger partial charge in [-0.25, -0.2) is 4.98 Å². The van der Waals surface area contributed by atoms with Gasteiger partial charge < -0.3 is 15.4 Å². The third kappa shape index (κ3) is 5.84. The van der Waals surface area contributed by atoms with Gasteiger partial charge in [0.1, 0.15) is 5.75 Å². The number of fused-ring (bicyclic) bond motifs is 1. The zero-order valence-corrected chi connectivity index (χ0v) is 19.1. The molecule has 0 aliphatic carbocycles. The summed E-state index contributed by atoms with van der Waals surface area (Å²) >= 11 is 1.35. The molecule has 3 aromatic rings. The minimum atomic E-state index is -0.165. The molecule has 33 heavy (non-hydrogen) atoms. The topological polar surface area (TPSA) is 97.4 Å².